The lowest BCUT2D eigenvalue weighted by molar-refractivity contribution is -0.140. The Labute approximate surface area is 225 Å². The van der Waals surface area contributed by atoms with Gasteiger partial charge < -0.3 is 15.1 Å². The fraction of sp³-hybridized carbons (Fsp3) is 0.172. The van der Waals surface area contributed by atoms with Gasteiger partial charge >= 0.3 is 0 Å². The number of rotatable bonds is 9. The van der Waals surface area contributed by atoms with Crippen LogP contribution in [0.2, 0.25) is 0 Å². The molecule has 0 aliphatic carbocycles. The lowest BCUT2D eigenvalue weighted by atomic mass is 10.1. The van der Waals surface area contributed by atoms with Crippen LogP contribution < -0.4 is 10.2 Å². The number of hydrogen-bond donors (Lipinski definition) is 1. The van der Waals surface area contributed by atoms with Crippen molar-refractivity contribution in [3.05, 3.63) is 107 Å². The van der Waals surface area contributed by atoms with Gasteiger partial charge in [0.1, 0.15) is 18.1 Å². The van der Waals surface area contributed by atoms with Crippen molar-refractivity contribution in [2.45, 2.75) is 19.1 Å². The molecule has 0 saturated heterocycles. The summed E-state index contributed by atoms with van der Waals surface area (Å²) in [4.78, 5) is 32.2. The number of anilines is 2. The predicted octanol–water partition coefficient (Wildman–Crippen LogP) is 4.97. The van der Waals surface area contributed by atoms with Crippen molar-refractivity contribution in [1.82, 2.24) is 19.9 Å². The van der Waals surface area contributed by atoms with E-state index in [0.29, 0.717) is 11.2 Å². The molecule has 1 N–H and O–H groups in total. The van der Waals surface area contributed by atoms with Gasteiger partial charge in [-0.05, 0) is 53.4 Å². The van der Waals surface area contributed by atoms with Crippen LogP contribution in [0.1, 0.15) is 16.5 Å². The summed E-state index contributed by atoms with van der Waals surface area (Å²) < 4.78 is 1.58. The van der Waals surface area contributed by atoms with Crippen LogP contribution in [0, 0.1) is 0 Å². The molecular formula is C29H28N6O2S. The Morgan fingerprint density at radius 2 is 1.66 bits per heavy atom. The van der Waals surface area contributed by atoms with Crippen LogP contribution in [0.15, 0.2) is 96.4 Å². The molecule has 2 amide bonds. The molecular weight excluding hydrogens is 496 g/mol. The van der Waals surface area contributed by atoms with Gasteiger partial charge in [-0.15, -0.1) is 16.4 Å². The number of carbonyl (C=O) groups is 2. The maximum absolute atomic E-state index is 13.9. The highest BCUT2D eigenvalue weighted by atomic mass is 32.1. The van der Waals surface area contributed by atoms with Crippen molar-refractivity contribution in [3.8, 4) is 0 Å². The molecule has 0 aliphatic heterocycles. The second-order valence-corrected chi connectivity index (χ2v) is 10.1. The van der Waals surface area contributed by atoms with Gasteiger partial charge in [-0.2, -0.15) is 0 Å². The predicted molar refractivity (Wildman–Crippen MR) is 151 cm³/mol. The standard InChI is InChI=1S/C29H28N6O2S/c1-33(2)23-16-14-22(15-17-23)30-29(37)28(26-13-8-18-38-26)34(19-21-9-4-3-5-10-21)27(36)20-35-25-12-7-6-11-24(25)31-32-35/h3-18,28H,19-20H2,1-2H3,(H,30,37)/t28-/m0/s1. The second-order valence-electron chi connectivity index (χ2n) is 9.09. The molecule has 0 spiro atoms. The molecule has 9 heteroatoms. The summed E-state index contributed by atoms with van der Waals surface area (Å²) in [5.74, 6) is -0.515. The van der Waals surface area contributed by atoms with Crippen molar-refractivity contribution in [3.63, 3.8) is 0 Å². The molecule has 1 atom stereocenters. The highest BCUT2D eigenvalue weighted by molar-refractivity contribution is 7.10. The summed E-state index contributed by atoms with van der Waals surface area (Å²) in [6.45, 7) is 0.224. The Bertz CT molecular complexity index is 1510. The van der Waals surface area contributed by atoms with Gasteiger partial charge in [-0.25, -0.2) is 4.68 Å². The fourth-order valence-corrected chi connectivity index (χ4v) is 5.12. The molecule has 3 aromatic carbocycles. The average molecular weight is 525 g/mol. The van der Waals surface area contributed by atoms with E-state index in [-0.39, 0.29) is 24.9 Å². The molecule has 2 heterocycles. The van der Waals surface area contributed by atoms with Gasteiger partial charge in [0.25, 0.3) is 5.91 Å². The van der Waals surface area contributed by atoms with Gasteiger partial charge in [0.05, 0.1) is 5.52 Å². The van der Waals surface area contributed by atoms with E-state index in [2.05, 4.69) is 15.6 Å². The molecule has 0 radical (unpaired) electrons. The lowest BCUT2D eigenvalue weighted by Crippen LogP contribution is -2.42. The van der Waals surface area contributed by atoms with E-state index in [0.717, 1.165) is 21.6 Å². The summed E-state index contributed by atoms with van der Waals surface area (Å²) in [5.41, 5.74) is 4.09. The van der Waals surface area contributed by atoms with E-state index < -0.39 is 6.04 Å². The van der Waals surface area contributed by atoms with Gasteiger partial charge in [0.2, 0.25) is 5.91 Å². The van der Waals surface area contributed by atoms with Crippen LogP contribution in [0.5, 0.6) is 0 Å². The maximum Gasteiger partial charge on any atom is 0.252 e. The monoisotopic (exact) mass is 524 g/mol. The smallest absolute Gasteiger partial charge is 0.252 e. The zero-order chi connectivity index (χ0) is 26.5. The Morgan fingerprint density at radius 1 is 0.921 bits per heavy atom. The third-order valence-corrected chi connectivity index (χ3v) is 7.17. The van der Waals surface area contributed by atoms with Crippen molar-refractivity contribution in [2.24, 2.45) is 0 Å². The number of hydrogen-bond acceptors (Lipinski definition) is 6. The number of aromatic nitrogens is 3. The molecule has 2 aromatic heterocycles. The molecule has 0 saturated carbocycles. The Kier molecular flexibility index (Phi) is 7.46. The Morgan fingerprint density at radius 3 is 2.37 bits per heavy atom. The van der Waals surface area contributed by atoms with Gasteiger partial charge in [-0.3, -0.25) is 9.59 Å². The van der Waals surface area contributed by atoms with Gasteiger partial charge in [-0.1, -0.05) is 53.7 Å². The summed E-state index contributed by atoms with van der Waals surface area (Å²) in [7, 11) is 3.93. The molecule has 5 aromatic rings. The van der Waals surface area contributed by atoms with Crippen molar-refractivity contribution in [1.29, 1.82) is 0 Å². The highest BCUT2D eigenvalue weighted by Gasteiger charge is 2.33. The fourth-order valence-electron chi connectivity index (χ4n) is 4.28. The molecule has 38 heavy (non-hydrogen) atoms. The molecule has 5 rings (SSSR count). The Balaban J connectivity index is 1.48. The van der Waals surface area contributed by atoms with E-state index in [9.17, 15) is 9.59 Å². The largest absolute Gasteiger partial charge is 0.378 e. The molecule has 0 fully saturated rings. The van der Waals surface area contributed by atoms with Crippen LogP contribution in [0.3, 0.4) is 0 Å². The first-order valence-corrected chi connectivity index (χ1v) is 13.1. The maximum atomic E-state index is 13.9. The molecule has 0 bridgehead atoms. The SMILES string of the molecule is CN(C)c1ccc(NC(=O)[C@H](c2cccs2)N(Cc2ccccc2)C(=O)Cn2nnc3ccccc32)cc1. The van der Waals surface area contributed by atoms with Crippen LogP contribution in [0.4, 0.5) is 11.4 Å². The minimum Gasteiger partial charge on any atom is -0.378 e. The zero-order valence-electron chi connectivity index (χ0n) is 21.2. The van der Waals surface area contributed by atoms with Crippen molar-refractivity contribution < 1.29 is 9.59 Å². The third kappa shape index (κ3) is 5.57. The van der Waals surface area contributed by atoms with Gasteiger partial charge in [0, 0.05) is 36.9 Å². The van der Waals surface area contributed by atoms with E-state index in [1.54, 1.807) is 9.58 Å². The van der Waals surface area contributed by atoms with E-state index in [1.807, 2.05) is 115 Å². The Hall–Kier alpha value is -4.50. The lowest BCUT2D eigenvalue weighted by Gasteiger charge is -2.31. The summed E-state index contributed by atoms with van der Waals surface area (Å²) in [6, 6.07) is 27.8. The first kappa shape index (κ1) is 25.2. The first-order chi connectivity index (χ1) is 18.5. The first-order valence-electron chi connectivity index (χ1n) is 12.2. The number of thiophene rings is 1. The summed E-state index contributed by atoms with van der Waals surface area (Å²) in [6.07, 6.45) is 0. The number of carbonyl (C=O) groups excluding carboxylic acids is 2. The topological polar surface area (TPSA) is 83.4 Å². The van der Waals surface area contributed by atoms with E-state index in [1.165, 1.54) is 11.3 Å². The summed E-state index contributed by atoms with van der Waals surface area (Å²) >= 11 is 1.45. The minimum absolute atomic E-state index is 0.0416. The van der Waals surface area contributed by atoms with Gasteiger partial charge in [0.15, 0.2) is 0 Å². The number of fused-ring (bicyclic) bond motifs is 1. The van der Waals surface area contributed by atoms with Crippen LogP contribution in [-0.4, -0.2) is 45.8 Å². The number of amides is 2. The van der Waals surface area contributed by atoms with E-state index >= 15 is 0 Å². The number of para-hydroxylation sites is 1. The number of benzene rings is 3. The highest BCUT2D eigenvalue weighted by Crippen LogP contribution is 2.29. The van der Waals surface area contributed by atoms with Crippen LogP contribution in [-0.2, 0) is 22.7 Å². The molecule has 0 unspecified atom stereocenters. The number of nitrogens with one attached hydrogen (secondary N) is 1. The minimum atomic E-state index is -0.828. The normalized spacial score (nSPS) is 11.7. The molecule has 192 valence electrons. The number of nitrogens with zero attached hydrogens (tertiary/aromatic N) is 5. The van der Waals surface area contributed by atoms with Crippen molar-refractivity contribution in [2.75, 3.05) is 24.3 Å². The van der Waals surface area contributed by atoms with Crippen LogP contribution in [0.25, 0.3) is 11.0 Å². The zero-order valence-corrected chi connectivity index (χ0v) is 22.0. The quantitative estimate of drug-likeness (QED) is 0.294. The van der Waals surface area contributed by atoms with Crippen molar-refractivity contribution >= 4 is 45.6 Å². The third-order valence-electron chi connectivity index (χ3n) is 6.25. The molecule has 0 aliphatic rings. The molecule has 8 nitrogen and oxygen atoms in total. The van der Waals surface area contributed by atoms with Crippen LogP contribution >= 0.6 is 11.3 Å². The average Bonchev–Trinajstić information content (AvgIpc) is 3.60. The second kappa shape index (κ2) is 11.3. The van der Waals surface area contributed by atoms with E-state index in [4.69, 9.17) is 0 Å². The summed E-state index contributed by atoms with van der Waals surface area (Å²) in [5, 5.41) is 13.3.